The van der Waals surface area contributed by atoms with E-state index in [0.29, 0.717) is 4.32 Å². The lowest BCUT2D eigenvalue weighted by molar-refractivity contribution is -0.141. The third-order valence-corrected chi connectivity index (χ3v) is 3.32. The Bertz CT molecular complexity index is 342. The number of rotatable bonds is 4. The highest BCUT2D eigenvalue weighted by Crippen LogP contribution is 2.18. The zero-order chi connectivity index (χ0) is 12.3. The van der Waals surface area contributed by atoms with E-state index in [9.17, 15) is 14.4 Å². The summed E-state index contributed by atoms with van der Waals surface area (Å²) in [5.41, 5.74) is 0. The van der Waals surface area contributed by atoms with Crippen LogP contribution in [0.15, 0.2) is 0 Å². The fourth-order valence-electron chi connectivity index (χ4n) is 1.03. The number of carbonyl (C=O) groups excluding carboxylic acids is 2. The minimum atomic E-state index is -1.13. The van der Waals surface area contributed by atoms with Gasteiger partial charge in [-0.05, 0) is 6.92 Å². The van der Waals surface area contributed by atoms with Gasteiger partial charge in [-0.2, -0.15) is 0 Å². The summed E-state index contributed by atoms with van der Waals surface area (Å²) in [6.07, 6.45) is 0. The van der Waals surface area contributed by atoms with E-state index in [2.05, 4.69) is 5.32 Å². The summed E-state index contributed by atoms with van der Waals surface area (Å²) in [5, 5.41) is 10.8. The van der Waals surface area contributed by atoms with E-state index < -0.39 is 17.9 Å². The van der Waals surface area contributed by atoms with Crippen molar-refractivity contribution < 1.29 is 19.5 Å². The normalized spacial score (nSPS) is 17.4. The molecule has 0 bridgehead atoms. The number of nitrogens with one attached hydrogen (secondary N) is 1. The molecule has 8 heteroatoms. The summed E-state index contributed by atoms with van der Waals surface area (Å²) in [6.45, 7) is 1.13. The number of hydrogen-bond acceptors (Lipinski definition) is 5. The van der Waals surface area contributed by atoms with E-state index in [1.54, 1.807) is 0 Å². The molecule has 1 aliphatic heterocycles. The summed E-state index contributed by atoms with van der Waals surface area (Å²) in [7, 11) is 0. The van der Waals surface area contributed by atoms with Gasteiger partial charge in [0.1, 0.15) is 16.9 Å². The van der Waals surface area contributed by atoms with Crippen molar-refractivity contribution in [3.05, 3.63) is 0 Å². The number of thioether (sulfide) groups is 1. The highest BCUT2D eigenvalue weighted by Gasteiger charge is 2.28. The Hall–Kier alpha value is -1.15. The SMILES string of the molecule is CC(NC(=O)CN1C(=O)CSC1=S)C(=O)O. The minimum Gasteiger partial charge on any atom is -0.480 e. The average molecular weight is 262 g/mol. The van der Waals surface area contributed by atoms with Crippen LogP contribution in [0, 0.1) is 0 Å². The quantitative estimate of drug-likeness (QED) is 0.660. The standard InChI is InChI=1S/C8H10N2O4S2/c1-4(7(13)14)9-5(11)2-10-6(12)3-16-8(10)15/h4H,2-3H2,1H3,(H,9,11)(H,13,14). The van der Waals surface area contributed by atoms with Gasteiger partial charge in [0.25, 0.3) is 0 Å². The zero-order valence-corrected chi connectivity index (χ0v) is 10.1. The fourth-order valence-corrected chi connectivity index (χ4v) is 2.09. The topological polar surface area (TPSA) is 86.7 Å². The number of hydrogen-bond donors (Lipinski definition) is 2. The van der Waals surface area contributed by atoms with Crippen molar-refractivity contribution in [2.75, 3.05) is 12.3 Å². The number of amides is 2. The number of nitrogens with zero attached hydrogens (tertiary/aromatic N) is 1. The third-order valence-electron chi connectivity index (χ3n) is 1.89. The maximum atomic E-state index is 11.4. The lowest BCUT2D eigenvalue weighted by Gasteiger charge is -2.15. The van der Waals surface area contributed by atoms with Gasteiger partial charge in [-0.25, -0.2) is 0 Å². The third kappa shape index (κ3) is 3.17. The molecule has 0 saturated carbocycles. The molecule has 1 rings (SSSR count). The van der Waals surface area contributed by atoms with Gasteiger partial charge in [-0.3, -0.25) is 19.3 Å². The van der Waals surface area contributed by atoms with E-state index in [-0.39, 0.29) is 18.2 Å². The second-order valence-electron chi connectivity index (χ2n) is 3.16. The Morgan fingerprint density at radius 2 is 2.31 bits per heavy atom. The number of carbonyl (C=O) groups is 3. The molecular formula is C8H10N2O4S2. The molecule has 1 unspecified atom stereocenters. The van der Waals surface area contributed by atoms with Gasteiger partial charge in [0.2, 0.25) is 11.8 Å². The highest BCUT2D eigenvalue weighted by molar-refractivity contribution is 8.23. The largest absolute Gasteiger partial charge is 0.480 e. The van der Waals surface area contributed by atoms with Gasteiger partial charge < -0.3 is 10.4 Å². The predicted octanol–water partition coefficient (Wildman–Crippen LogP) is -0.564. The van der Waals surface area contributed by atoms with Crippen LogP contribution in [-0.2, 0) is 14.4 Å². The van der Waals surface area contributed by atoms with Crippen molar-refractivity contribution in [3.63, 3.8) is 0 Å². The Labute approximate surface area is 101 Å². The second-order valence-corrected chi connectivity index (χ2v) is 4.77. The summed E-state index contributed by atoms with van der Waals surface area (Å²) >= 11 is 6.06. The fraction of sp³-hybridized carbons (Fsp3) is 0.500. The smallest absolute Gasteiger partial charge is 0.325 e. The van der Waals surface area contributed by atoms with Crippen LogP contribution < -0.4 is 5.32 Å². The maximum absolute atomic E-state index is 11.4. The molecule has 1 atom stereocenters. The van der Waals surface area contributed by atoms with Gasteiger partial charge in [0.05, 0.1) is 5.75 Å². The molecule has 1 saturated heterocycles. The first-order chi connectivity index (χ1) is 7.41. The minimum absolute atomic E-state index is 0.220. The van der Waals surface area contributed by atoms with Crippen molar-refractivity contribution in [2.45, 2.75) is 13.0 Å². The molecule has 0 aromatic heterocycles. The molecule has 0 spiro atoms. The monoisotopic (exact) mass is 262 g/mol. The molecule has 0 radical (unpaired) electrons. The molecule has 2 N–H and O–H groups in total. The molecular weight excluding hydrogens is 252 g/mol. The number of aliphatic carboxylic acids is 1. The van der Waals surface area contributed by atoms with E-state index in [1.165, 1.54) is 23.6 Å². The van der Waals surface area contributed by atoms with E-state index in [1.807, 2.05) is 0 Å². The first-order valence-corrected chi connectivity index (χ1v) is 5.80. The molecule has 1 heterocycles. The molecule has 0 aromatic rings. The first-order valence-electron chi connectivity index (χ1n) is 4.41. The summed E-state index contributed by atoms with van der Waals surface area (Å²) in [6, 6.07) is -0.980. The van der Waals surface area contributed by atoms with Crippen LogP contribution in [0.5, 0.6) is 0 Å². The second kappa shape index (κ2) is 5.26. The van der Waals surface area contributed by atoms with Crippen LogP contribution in [0.2, 0.25) is 0 Å². The Morgan fingerprint density at radius 3 is 2.75 bits per heavy atom. The summed E-state index contributed by atoms with van der Waals surface area (Å²) in [4.78, 5) is 34.3. The van der Waals surface area contributed by atoms with Crippen LogP contribution in [-0.4, -0.2) is 50.5 Å². The molecule has 88 valence electrons. The molecule has 1 fully saturated rings. The zero-order valence-electron chi connectivity index (χ0n) is 8.43. The van der Waals surface area contributed by atoms with Crippen LogP contribution in [0.4, 0.5) is 0 Å². The maximum Gasteiger partial charge on any atom is 0.325 e. The molecule has 2 amide bonds. The van der Waals surface area contributed by atoms with Crippen LogP contribution >= 0.6 is 24.0 Å². The molecule has 0 aromatic carbocycles. The van der Waals surface area contributed by atoms with Gasteiger partial charge in [-0.15, -0.1) is 0 Å². The predicted molar refractivity (Wildman–Crippen MR) is 62.0 cm³/mol. The van der Waals surface area contributed by atoms with Crippen molar-refractivity contribution in [1.82, 2.24) is 10.2 Å². The molecule has 1 aliphatic rings. The van der Waals surface area contributed by atoms with E-state index in [0.717, 1.165) is 0 Å². The number of carboxylic acid groups (broad SMARTS) is 1. The lowest BCUT2D eigenvalue weighted by atomic mass is 10.3. The Balaban J connectivity index is 2.48. The van der Waals surface area contributed by atoms with Gasteiger partial charge in [0.15, 0.2) is 0 Å². The Kier molecular flexibility index (Phi) is 4.25. The molecule has 0 aliphatic carbocycles. The van der Waals surface area contributed by atoms with Crippen molar-refractivity contribution >= 4 is 46.1 Å². The van der Waals surface area contributed by atoms with Crippen molar-refractivity contribution in [1.29, 1.82) is 0 Å². The van der Waals surface area contributed by atoms with Crippen LogP contribution in [0.1, 0.15) is 6.92 Å². The lowest BCUT2D eigenvalue weighted by Crippen LogP contribution is -2.45. The number of carboxylic acids is 1. The Morgan fingerprint density at radius 1 is 1.69 bits per heavy atom. The van der Waals surface area contributed by atoms with Gasteiger partial charge in [0, 0.05) is 0 Å². The van der Waals surface area contributed by atoms with Crippen molar-refractivity contribution in [2.24, 2.45) is 0 Å². The van der Waals surface area contributed by atoms with Crippen LogP contribution in [0.25, 0.3) is 0 Å². The van der Waals surface area contributed by atoms with Crippen molar-refractivity contribution in [3.8, 4) is 0 Å². The first kappa shape index (κ1) is 12.9. The molecule has 16 heavy (non-hydrogen) atoms. The van der Waals surface area contributed by atoms with E-state index in [4.69, 9.17) is 17.3 Å². The van der Waals surface area contributed by atoms with E-state index >= 15 is 0 Å². The summed E-state index contributed by atoms with van der Waals surface area (Å²) in [5.74, 6) is -1.65. The van der Waals surface area contributed by atoms with Gasteiger partial charge >= 0.3 is 5.97 Å². The number of thiocarbonyl (C=S) groups is 1. The summed E-state index contributed by atoms with van der Waals surface area (Å²) < 4.78 is 0.350. The highest BCUT2D eigenvalue weighted by atomic mass is 32.2. The van der Waals surface area contributed by atoms with Gasteiger partial charge in [-0.1, -0.05) is 24.0 Å². The van der Waals surface area contributed by atoms with Crippen LogP contribution in [0.3, 0.4) is 0 Å². The molecule has 6 nitrogen and oxygen atoms in total. The average Bonchev–Trinajstić information content (AvgIpc) is 2.49.